The molecular formula is C23H30F2N4O3S. The first-order valence-corrected chi connectivity index (χ1v) is 12.5. The van der Waals surface area contributed by atoms with E-state index in [1.807, 2.05) is 0 Å². The molecule has 0 radical (unpaired) electrons. The van der Waals surface area contributed by atoms with Gasteiger partial charge in [0.2, 0.25) is 15.9 Å². The number of benzene rings is 2. The average molecular weight is 481 g/mol. The predicted octanol–water partition coefficient (Wildman–Crippen LogP) is 2.65. The van der Waals surface area contributed by atoms with Crippen LogP contribution in [0.3, 0.4) is 0 Å². The maximum absolute atomic E-state index is 14.0. The van der Waals surface area contributed by atoms with Crippen molar-refractivity contribution in [3.8, 4) is 0 Å². The zero-order valence-corrected chi connectivity index (χ0v) is 19.7. The third-order valence-corrected chi connectivity index (χ3v) is 7.24. The zero-order chi connectivity index (χ0) is 24.0. The predicted molar refractivity (Wildman–Crippen MR) is 123 cm³/mol. The molecule has 0 aliphatic carbocycles. The molecular weight excluding hydrogens is 450 g/mol. The van der Waals surface area contributed by atoms with E-state index >= 15 is 0 Å². The average Bonchev–Trinajstić information content (AvgIpc) is 2.79. The lowest BCUT2D eigenvalue weighted by Gasteiger charge is -2.37. The quantitative estimate of drug-likeness (QED) is 0.577. The minimum Gasteiger partial charge on any atom is -0.369 e. The number of piperazine rings is 1. The fraction of sp³-hybridized carbons (Fsp3) is 0.435. The molecule has 2 N–H and O–H groups in total. The van der Waals surface area contributed by atoms with Crippen molar-refractivity contribution in [2.24, 2.45) is 0 Å². The Morgan fingerprint density at radius 1 is 1.03 bits per heavy atom. The Morgan fingerprint density at radius 2 is 1.67 bits per heavy atom. The molecule has 1 atom stereocenters. The molecule has 0 saturated carbocycles. The maximum atomic E-state index is 14.0. The standard InChI is InChI=1S/C23H30F2N4O3S/c1-3-28-12-14-29(15-13-28)22-9-6-19(25)16-21(22)17(2)27-23(30)10-11-26-33(31,32)20-7-4-18(24)5-8-20/h4-9,16-17,26H,3,10-15H2,1-2H3,(H,27,30). The lowest BCUT2D eigenvalue weighted by molar-refractivity contribution is -0.121. The van der Waals surface area contributed by atoms with E-state index in [-0.39, 0.29) is 29.6 Å². The van der Waals surface area contributed by atoms with Gasteiger partial charge in [-0.2, -0.15) is 0 Å². The van der Waals surface area contributed by atoms with Crippen molar-refractivity contribution in [1.29, 1.82) is 0 Å². The van der Waals surface area contributed by atoms with Gasteiger partial charge in [0.15, 0.2) is 0 Å². The summed E-state index contributed by atoms with van der Waals surface area (Å²) in [6.07, 6.45) is -0.0927. The van der Waals surface area contributed by atoms with E-state index < -0.39 is 21.9 Å². The first kappa shape index (κ1) is 25.1. The summed E-state index contributed by atoms with van der Waals surface area (Å²) in [4.78, 5) is 16.9. The van der Waals surface area contributed by atoms with Crippen LogP contribution in [-0.4, -0.2) is 58.5 Å². The monoisotopic (exact) mass is 480 g/mol. The summed E-state index contributed by atoms with van der Waals surface area (Å²) in [6.45, 7) is 8.24. The minimum absolute atomic E-state index is 0.0785. The third kappa shape index (κ3) is 6.72. The van der Waals surface area contributed by atoms with Gasteiger partial charge in [0.1, 0.15) is 11.6 Å². The van der Waals surface area contributed by atoms with Crippen LogP contribution >= 0.6 is 0 Å². The summed E-state index contributed by atoms with van der Waals surface area (Å²) in [5.41, 5.74) is 1.57. The van der Waals surface area contributed by atoms with Crippen LogP contribution < -0.4 is 14.9 Å². The number of rotatable bonds is 9. The molecule has 2 aromatic carbocycles. The molecule has 1 saturated heterocycles. The summed E-state index contributed by atoms with van der Waals surface area (Å²) in [6, 6.07) is 8.57. The summed E-state index contributed by atoms with van der Waals surface area (Å²) in [5, 5.41) is 2.83. The van der Waals surface area contributed by atoms with Crippen molar-refractivity contribution >= 4 is 21.6 Å². The number of halogens is 2. The highest BCUT2D eigenvalue weighted by Crippen LogP contribution is 2.28. The number of hydrogen-bond acceptors (Lipinski definition) is 5. The Morgan fingerprint density at radius 3 is 2.30 bits per heavy atom. The summed E-state index contributed by atoms with van der Waals surface area (Å²) in [5.74, 6) is -1.28. The molecule has 7 nitrogen and oxygen atoms in total. The Kier molecular flexibility index (Phi) is 8.39. The van der Waals surface area contributed by atoms with E-state index in [4.69, 9.17) is 0 Å². The van der Waals surface area contributed by atoms with E-state index in [1.54, 1.807) is 13.0 Å². The van der Waals surface area contributed by atoms with E-state index in [9.17, 15) is 22.0 Å². The van der Waals surface area contributed by atoms with E-state index in [0.29, 0.717) is 5.56 Å². The van der Waals surface area contributed by atoms with E-state index in [1.165, 1.54) is 12.1 Å². The lowest BCUT2D eigenvalue weighted by Crippen LogP contribution is -2.46. The molecule has 2 aromatic rings. The molecule has 1 unspecified atom stereocenters. The van der Waals surface area contributed by atoms with Crippen molar-refractivity contribution in [3.05, 3.63) is 59.7 Å². The summed E-state index contributed by atoms with van der Waals surface area (Å²) >= 11 is 0. The number of sulfonamides is 1. The van der Waals surface area contributed by atoms with Gasteiger partial charge >= 0.3 is 0 Å². The van der Waals surface area contributed by atoms with Crippen LogP contribution in [0.2, 0.25) is 0 Å². The van der Waals surface area contributed by atoms with Crippen LogP contribution in [0.5, 0.6) is 0 Å². The highest BCUT2D eigenvalue weighted by molar-refractivity contribution is 7.89. The second-order valence-electron chi connectivity index (χ2n) is 8.02. The lowest BCUT2D eigenvalue weighted by atomic mass is 10.0. The Bertz CT molecular complexity index is 1060. The topological polar surface area (TPSA) is 81.8 Å². The first-order valence-electron chi connectivity index (χ1n) is 11.0. The minimum atomic E-state index is -3.84. The fourth-order valence-corrected chi connectivity index (χ4v) is 4.88. The van der Waals surface area contributed by atoms with Crippen molar-refractivity contribution in [2.45, 2.75) is 31.2 Å². The first-order chi connectivity index (χ1) is 15.7. The normalized spacial score (nSPS) is 15.9. The second-order valence-corrected chi connectivity index (χ2v) is 9.78. The fourth-order valence-electron chi connectivity index (χ4n) is 3.85. The highest BCUT2D eigenvalue weighted by Gasteiger charge is 2.22. The van der Waals surface area contributed by atoms with Crippen LogP contribution in [0.25, 0.3) is 0 Å². The van der Waals surface area contributed by atoms with Crippen LogP contribution in [0.15, 0.2) is 47.4 Å². The number of nitrogens with zero attached hydrogens (tertiary/aromatic N) is 2. The largest absolute Gasteiger partial charge is 0.369 e. The summed E-state index contributed by atoms with van der Waals surface area (Å²) in [7, 11) is -3.84. The van der Waals surface area contributed by atoms with Gasteiger partial charge in [-0.25, -0.2) is 21.9 Å². The SMILES string of the molecule is CCN1CCN(c2ccc(F)cc2C(C)NC(=O)CCNS(=O)(=O)c2ccc(F)cc2)CC1. The van der Waals surface area contributed by atoms with Gasteiger partial charge in [0.25, 0.3) is 0 Å². The van der Waals surface area contributed by atoms with Crippen LogP contribution in [0, 0.1) is 11.6 Å². The number of nitrogens with one attached hydrogen (secondary N) is 2. The van der Waals surface area contributed by atoms with Crippen molar-refractivity contribution in [2.75, 3.05) is 44.2 Å². The smallest absolute Gasteiger partial charge is 0.240 e. The zero-order valence-electron chi connectivity index (χ0n) is 18.9. The third-order valence-electron chi connectivity index (χ3n) is 5.76. The second kappa shape index (κ2) is 11.0. The van der Waals surface area contributed by atoms with Gasteiger partial charge in [0.05, 0.1) is 10.9 Å². The van der Waals surface area contributed by atoms with E-state index in [2.05, 4.69) is 26.8 Å². The number of carbonyl (C=O) groups excluding carboxylic acids is 1. The van der Waals surface area contributed by atoms with Crippen molar-refractivity contribution in [1.82, 2.24) is 14.9 Å². The highest BCUT2D eigenvalue weighted by atomic mass is 32.2. The van der Waals surface area contributed by atoms with Gasteiger partial charge < -0.3 is 15.1 Å². The van der Waals surface area contributed by atoms with Crippen molar-refractivity contribution < 1.29 is 22.0 Å². The molecule has 3 rings (SSSR count). The van der Waals surface area contributed by atoms with Gasteiger partial charge in [-0.3, -0.25) is 4.79 Å². The number of amides is 1. The molecule has 1 aliphatic heterocycles. The summed E-state index contributed by atoms with van der Waals surface area (Å²) < 4.78 is 53.9. The van der Waals surface area contributed by atoms with Gasteiger partial charge in [0, 0.05) is 50.4 Å². The molecule has 1 heterocycles. The van der Waals surface area contributed by atoms with Crippen molar-refractivity contribution in [3.63, 3.8) is 0 Å². The molecule has 1 aliphatic rings. The Hall–Kier alpha value is -2.56. The van der Waals surface area contributed by atoms with Crippen LogP contribution in [-0.2, 0) is 14.8 Å². The molecule has 1 fully saturated rings. The Labute approximate surface area is 193 Å². The molecule has 1 amide bonds. The molecule has 0 bridgehead atoms. The molecule has 0 aromatic heterocycles. The van der Waals surface area contributed by atoms with Gasteiger partial charge in [-0.1, -0.05) is 6.92 Å². The molecule has 10 heteroatoms. The van der Waals surface area contributed by atoms with Gasteiger partial charge in [-0.15, -0.1) is 0 Å². The number of hydrogen-bond donors (Lipinski definition) is 2. The molecule has 33 heavy (non-hydrogen) atoms. The van der Waals surface area contributed by atoms with E-state index in [0.717, 1.165) is 62.7 Å². The molecule has 180 valence electrons. The van der Waals surface area contributed by atoms with Crippen LogP contribution in [0.4, 0.5) is 14.5 Å². The maximum Gasteiger partial charge on any atom is 0.240 e. The van der Waals surface area contributed by atoms with Crippen LogP contribution in [0.1, 0.15) is 31.9 Å². The number of anilines is 1. The molecule has 0 spiro atoms. The Balaban J connectivity index is 1.58. The van der Waals surface area contributed by atoms with Gasteiger partial charge in [-0.05, 0) is 55.9 Å². The number of likely N-dealkylation sites (N-methyl/N-ethyl adjacent to an activating group) is 1. The number of carbonyl (C=O) groups is 1.